The van der Waals surface area contributed by atoms with Gasteiger partial charge in [-0.1, -0.05) is 18.2 Å². The van der Waals surface area contributed by atoms with Gasteiger partial charge >= 0.3 is 0 Å². The molecular weight excluding hydrogens is 383 g/mol. The lowest BCUT2D eigenvalue weighted by molar-refractivity contribution is -0.122. The molecular formula is C23H23FN4O2. The lowest BCUT2D eigenvalue weighted by atomic mass is 10.0. The Balaban J connectivity index is 1.74. The van der Waals surface area contributed by atoms with Crippen LogP contribution in [0.2, 0.25) is 0 Å². The number of aromatic hydroxyl groups is 1. The van der Waals surface area contributed by atoms with Crippen LogP contribution in [-0.2, 0) is 4.79 Å². The maximum Gasteiger partial charge on any atom is 0.223 e. The average molecular weight is 406 g/mol. The number of carbonyl (C=O) groups is 1. The molecule has 1 heterocycles. The molecule has 1 amide bonds. The van der Waals surface area contributed by atoms with Gasteiger partial charge in [0, 0.05) is 23.8 Å². The summed E-state index contributed by atoms with van der Waals surface area (Å²) >= 11 is 0. The molecule has 1 aromatic heterocycles. The Morgan fingerprint density at radius 3 is 2.77 bits per heavy atom. The SMILES string of the molecule is Cc1ccc2c(C(=N)C[C@@H](C)NC(=O)C3CC3)nc(-c3c(O)cccc3F)nc2c1. The fraction of sp³-hybridized carbons (Fsp3) is 0.304. The minimum atomic E-state index is -0.635. The second-order valence-electron chi connectivity index (χ2n) is 7.92. The highest BCUT2D eigenvalue weighted by Crippen LogP contribution is 2.32. The number of aromatic nitrogens is 2. The minimum Gasteiger partial charge on any atom is -0.507 e. The Morgan fingerprint density at radius 2 is 2.07 bits per heavy atom. The fourth-order valence-electron chi connectivity index (χ4n) is 3.48. The molecule has 0 aliphatic heterocycles. The maximum absolute atomic E-state index is 14.4. The number of benzene rings is 2. The van der Waals surface area contributed by atoms with Crippen LogP contribution in [0, 0.1) is 24.1 Å². The van der Waals surface area contributed by atoms with Gasteiger partial charge in [0.1, 0.15) is 11.6 Å². The largest absolute Gasteiger partial charge is 0.507 e. The number of halogens is 1. The standard InChI is InChI=1S/C23H23FN4O2/c1-12-6-9-15-18(10-12)27-22(20-16(24)4-3-5-19(20)29)28-21(15)17(25)11-13(2)26-23(30)14-7-8-14/h3-6,9-10,13-14,25,29H,7-8,11H2,1-2H3,(H,26,30)/t13-/m1/s1. The highest BCUT2D eigenvalue weighted by Gasteiger charge is 2.30. The van der Waals surface area contributed by atoms with Crippen molar-refractivity contribution in [1.82, 2.24) is 15.3 Å². The van der Waals surface area contributed by atoms with Crippen molar-refractivity contribution < 1.29 is 14.3 Å². The van der Waals surface area contributed by atoms with Gasteiger partial charge in [-0.05, 0) is 50.5 Å². The summed E-state index contributed by atoms with van der Waals surface area (Å²) in [5.74, 6) is -0.747. The van der Waals surface area contributed by atoms with E-state index < -0.39 is 5.82 Å². The molecule has 0 bridgehead atoms. The van der Waals surface area contributed by atoms with Crippen molar-refractivity contribution in [2.45, 2.75) is 39.2 Å². The van der Waals surface area contributed by atoms with E-state index in [0.29, 0.717) is 16.6 Å². The number of hydrogen-bond donors (Lipinski definition) is 3. The molecule has 0 unspecified atom stereocenters. The van der Waals surface area contributed by atoms with E-state index in [1.54, 1.807) is 0 Å². The van der Waals surface area contributed by atoms with Crippen LogP contribution < -0.4 is 5.32 Å². The topological polar surface area (TPSA) is 99.0 Å². The first kappa shape index (κ1) is 19.9. The number of aryl methyl sites for hydroxylation is 1. The average Bonchev–Trinajstić information content (AvgIpc) is 3.52. The van der Waals surface area contributed by atoms with Crippen LogP contribution in [-0.4, -0.2) is 32.7 Å². The Labute approximate surface area is 173 Å². The third kappa shape index (κ3) is 4.01. The molecule has 154 valence electrons. The summed E-state index contributed by atoms with van der Waals surface area (Å²) in [5, 5.41) is 22.4. The normalized spacial score (nSPS) is 14.5. The van der Waals surface area contributed by atoms with Crippen LogP contribution in [0.4, 0.5) is 4.39 Å². The van der Waals surface area contributed by atoms with E-state index in [4.69, 9.17) is 5.41 Å². The van der Waals surface area contributed by atoms with Crippen LogP contribution >= 0.6 is 0 Å². The third-order valence-electron chi connectivity index (χ3n) is 5.20. The fourth-order valence-corrected chi connectivity index (χ4v) is 3.48. The number of rotatable bonds is 6. The summed E-state index contributed by atoms with van der Waals surface area (Å²) < 4.78 is 14.4. The van der Waals surface area contributed by atoms with Crippen molar-refractivity contribution >= 4 is 22.5 Å². The summed E-state index contributed by atoms with van der Waals surface area (Å²) in [6.45, 7) is 3.77. The van der Waals surface area contributed by atoms with Crippen LogP contribution in [0.1, 0.15) is 37.4 Å². The van der Waals surface area contributed by atoms with Crippen molar-refractivity contribution in [2.24, 2.45) is 5.92 Å². The highest BCUT2D eigenvalue weighted by atomic mass is 19.1. The van der Waals surface area contributed by atoms with Crippen molar-refractivity contribution in [1.29, 1.82) is 5.41 Å². The molecule has 3 aromatic rings. The van der Waals surface area contributed by atoms with Gasteiger partial charge in [0.05, 0.1) is 22.5 Å². The molecule has 2 aromatic carbocycles. The van der Waals surface area contributed by atoms with Crippen molar-refractivity contribution in [2.75, 3.05) is 0 Å². The van der Waals surface area contributed by atoms with E-state index in [0.717, 1.165) is 18.4 Å². The second kappa shape index (κ2) is 7.82. The summed E-state index contributed by atoms with van der Waals surface area (Å²) in [7, 11) is 0. The predicted molar refractivity (Wildman–Crippen MR) is 113 cm³/mol. The molecule has 1 fully saturated rings. The Morgan fingerprint density at radius 1 is 1.30 bits per heavy atom. The lowest BCUT2D eigenvalue weighted by Crippen LogP contribution is -2.35. The van der Waals surface area contributed by atoms with Crippen molar-refractivity contribution in [3.8, 4) is 17.1 Å². The van der Waals surface area contributed by atoms with Gasteiger partial charge in [-0.15, -0.1) is 0 Å². The molecule has 4 rings (SSSR count). The van der Waals surface area contributed by atoms with Gasteiger partial charge in [-0.25, -0.2) is 14.4 Å². The van der Waals surface area contributed by atoms with E-state index in [1.165, 1.54) is 18.2 Å². The monoisotopic (exact) mass is 406 g/mol. The molecule has 1 aliphatic rings. The molecule has 1 saturated carbocycles. The first-order valence-corrected chi connectivity index (χ1v) is 9.98. The Kier molecular flexibility index (Phi) is 5.20. The van der Waals surface area contributed by atoms with E-state index in [-0.39, 0.29) is 47.1 Å². The van der Waals surface area contributed by atoms with Gasteiger partial charge in [0.25, 0.3) is 0 Å². The van der Waals surface area contributed by atoms with E-state index in [2.05, 4.69) is 15.3 Å². The summed E-state index contributed by atoms with van der Waals surface area (Å²) in [6, 6.07) is 9.38. The molecule has 1 atom stereocenters. The number of nitrogens with zero attached hydrogens (tertiary/aromatic N) is 2. The molecule has 3 N–H and O–H groups in total. The molecule has 0 spiro atoms. The van der Waals surface area contributed by atoms with Crippen molar-refractivity contribution in [3.63, 3.8) is 0 Å². The Hall–Kier alpha value is -3.35. The zero-order valence-corrected chi connectivity index (χ0v) is 16.9. The van der Waals surface area contributed by atoms with E-state index in [9.17, 15) is 14.3 Å². The second-order valence-corrected chi connectivity index (χ2v) is 7.92. The molecule has 30 heavy (non-hydrogen) atoms. The molecule has 7 heteroatoms. The van der Waals surface area contributed by atoms with Crippen LogP contribution in [0.5, 0.6) is 5.75 Å². The zero-order chi connectivity index (χ0) is 21.4. The maximum atomic E-state index is 14.4. The van der Waals surface area contributed by atoms with Crippen LogP contribution in [0.15, 0.2) is 36.4 Å². The minimum absolute atomic E-state index is 0.0236. The van der Waals surface area contributed by atoms with Crippen molar-refractivity contribution in [3.05, 3.63) is 53.5 Å². The van der Waals surface area contributed by atoms with Crippen LogP contribution in [0.3, 0.4) is 0 Å². The molecule has 0 radical (unpaired) electrons. The number of phenols is 1. The number of carbonyl (C=O) groups excluding carboxylic acids is 1. The van der Waals surface area contributed by atoms with Gasteiger partial charge in [0.15, 0.2) is 5.82 Å². The summed E-state index contributed by atoms with van der Waals surface area (Å²) in [6.07, 6.45) is 2.12. The Bertz CT molecular complexity index is 1140. The zero-order valence-electron chi connectivity index (χ0n) is 16.9. The van der Waals surface area contributed by atoms with Gasteiger partial charge < -0.3 is 15.8 Å². The third-order valence-corrected chi connectivity index (χ3v) is 5.20. The lowest BCUT2D eigenvalue weighted by Gasteiger charge is -2.16. The van der Waals surface area contributed by atoms with Gasteiger partial charge in [0.2, 0.25) is 5.91 Å². The van der Waals surface area contributed by atoms with E-state index >= 15 is 0 Å². The quantitative estimate of drug-likeness (QED) is 0.536. The smallest absolute Gasteiger partial charge is 0.223 e. The number of hydrogen-bond acceptors (Lipinski definition) is 5. The van der Waals surface area contributed by atoms with Crippen LogP contribution in [0.25, 0.3) is 22.3 Å². The van der Waals surface area contributed by atoms with Gasteiger partial charge in [-0.3, -0.25) is 4.79 Å². The predicted octanol–water partition coefficient (Wildman–Crippen LogP) is 4.12. The number of amides is 1. The first-order chi connectivity index (χ1) is 14.3. The molecule has 1 aliphatic carbocycles. The first-order valence-electron chi connectivity index (χ1n) is 9.98. The number of phenolic OH excluding ortho intramolecular Hbond substituents is 1. The number of nitrogens with one attached hydrogen (secondary N) is 2. The van der Waals surface area contributed by atoms with E-state index in [1.807, 2.05) is 32.0 Å². The summed E-state index contributed by atoms with van der Waals surface area (Å²) in [4.78, 5) is 20.9. The molecule has 6 nitrogen and oxygen atoms in total. The highest BCUT2D eigenvalue weighted by molar-refractivity contribution is 6.07. The summed E-state index contributed by atoms with van der Waals surface area (Å²) in [5.41, 5.74) is 2.02. The number of fused-ring (bicyclic) bond motifs is 1. The van der Waals surface area contributed by atoms with Gasteiger partial charge in [-0.2, -0.15) is 0 Å². The molecule has 0 saturated heterocycles.